The van der Waals surface area contributed by atoms with Gasteiger partial charge in [-0.25, -0.2) is 0 Å². The normalized spacial score (nSPS) is 13.4. The summed E-state index contributed by atoms with van der Waals surface area (Å²) < 4.78 is 8.20. The average Bonchev–Trinajstić information content (AvgIpc) is 3.16. The van der Waals surface area contributed by atoms with Crippen molar-refractivity contribution < 1.29 is 4.74 Å². The Bertz CT molecular complexity index is 739. The first-order chi connectivity index (χ1) is 13.6. The summed E-state index contributed by atoms with van der Waals surface area (Å²) in [5, 5.41) is 7.07. The Labute approximate surface area is 175 Å². The van der Waals surface area contributed by atoms with Crippen LogP contribution in [0, 0.1) is 4.77 Å². The molecule has 2 rings (SSSR count). The Morgan fingerprint density at radius 2 is 1.68 bits per heavy atom. The highest BCUT2D eigenvalue weighted by Crippen LogP contribution is 2.34. The van der Waals surface area contributed by atoms with Crippen LogP contribution in [-0.4, -0.2) is 21.9 Å². The average molecular weight is 404 g/mol. The number of ether oxygens (including phenoxy) is 1. The van der Waals surface area contributed by atoms with Gasteiger partial charge in [-0.1, -0.05) is 83.3 Å². The molecule has 2 aromatic rings. The molecule has 0 bridgehead atoms. The van der Waals surface area contributed by atoms with Gasteiger partial charge in [0.15, 0.2) is 4.77 Å². The number of aromatic amines is 1. The van der Waals surface area contributed by atoms with Gasteiger partial charge < -0.3 is 4.74 Å². The van der Waals surface area contributed by atoms with Crippen LogP contribution in [0.5, 0.6) is 5.75 Å². The van der Waals surface area contributed by atoms with E-state index in [-0.39, 0.29) is 5.54 Å². The van der Waals surface area contributed by atoms with E-state index >= 15 is 0 Å². The summed E-state index contributed by atoms with van der Waals surface area (Å²) in [5.74, 6) is 0.877. The smallest absolute Gasteiger partial charge is 0.195 e. The molecule has 0 saturated heterocycles. The SMILES string of the molecule is CCCCCCCCCCCCC(C)(c1cccc(OC)c1)n1cn[nH]c1=S. The fourth-order valence-corrected chi connectivity index (χ4v) is 4.22. The molecule has 0 saturated carbocycles. The van der Waals surface area contributed by atoms with Crippen LogP contribution in [0.25, 0.3) is 0 Å². The van der Waals surface area contributed by atoms with Gasteiger partial charge in [-0.05, 0) is 43.3 Å². The van der Waals surface area contributed by atoms with Gasteiger partial charge in [-0.15, -0.1) is 0 Å². The molecular formula is C23H37N3OS. The number of benzene rings is 1. The first kappa shape index (κ1) is 22.7. The number of hydrogen-bond acceptors (Lipinski definition) is 3. The largest absolute Gasteiger partial charge is 0.497 e. The standard InChI is InChI=1S/C23H37N3OS/c1-4-5-6-7-8-9-10-11-12-13-17-23(2,26-19-24-25-22(26)28)20-15-14-16-21(18-20)27-3/h14-16,18-19H,4-13,17H2,1-3H3,(H,25,28). The van der Waals surface area contributed by atoms with Crippen LogP contribution >= 0.6 is 12.2 Å². The number of H-pyrrole nitrogens is 1. The van der Waals surface area contributed by atoms with Crippen LogP contribution in [0.15, 0.2) is 30.6 Å². The van der Waals surface area contributed by atoms with Crippen molar-refractivity contribution >= 4 is 12.2 Å². The van der Waals surface area contributed by atoms with E-state index in [2.05, 4.69) is 46.8 Å². The summed E-state index contributed by atoms with van der Waals surface area (Å²) in [7, 11) is 1.71. The highest BCUT2D eigenvalue weighted by molar-refractivity contribution is 7.71. The summed E-state index contributed by atoms with van der Waals surface area (Å²) in [6.45, 7) is 4.52. The highest BCUT2D eigenvalue weighted by atomic mass is 32.1. The van der Waals surface area contributed by atoms with Crippen molar-refractivity contribution in [2.45, 2.75) is 90.0 Å². The quantitative estimate of drug-likeness (QED) is 0.272. The molecule has 1 N–H and O–H groups in total. The van der Waals surface area contributed by atoms with Crippen LogP contribution in [-0.2, 0) is 5.54 Å². The van der Waals surface area contributed by atoms with E-state index < -0.39 is 0 Å². The molecule has 1 unspecified atom stereocenters. The van der Waals surface area contributed by atoms with Crippen molar-refractivity contribution in [1.82, 2.24) is 14.8 Å². The number of aromatic nitrogens is 3. The topological polar surface area (TPSA) is 42.8 Å². The van der Waals surface area contributed by atoms with Crippen molar-refractivity contribution in [1.29, 1.82) is 0 Å². The molecule has 1 aromatic carbocycles. The second-order valence-corrected chi connectivity index (χ2v) is 8.36. The maximum absolute atomic E-state index is 5.49. The van der Waals surface area contributed by atoms with Gasteiger partial charge >= 0.3 is 0 Å². The lowest BCUT2D eigenvalue weighted by molar-refractivity contribution is 0.338. The minimum absolute atomic E-state index is 0.223. The summed E-state index contributed by atoms with van der Waals surface area (Å²) in [5.41, 5.74) is 0.985. The molecule has 1 atom stereocenters. The molecule has 0 radical (unpaired) electrons. The maximum atomic E-state index is 5.49. The number of nitrogens with zero attached hydrogens (tertiary/aromatic N) is 2. The van der Waals surface area contributed by atoms with Gasteiger partial charge in [0, 0.05) is 0 Å². The van der Waals surface area contributed by atoms with Crippen LogP contribution in [0.3, 0.4) is 0 Å². The molecule has 0 aliphatic heterocycles. The van der Waals surface area contributed by atoms with Gasteiger partial charge in [-0.2, -0.15) is 5.10 Å². The van der Waals surface area contributed by atoms with Crippen LogP contribution in [0.1, 0.15) is 90.0 Å². The van der Waals surface area contributed by atoms with E-state index in [0.29, 0.717) is 4.77 Å². The lowest BCUT2D eigenvalue weighted by Gasteiger charge is -2.32. The maximum Gasteiger partial charge on any atom is 0.195 e. The molecule has 4 nitrogen and oxygen atoms in total. The number of unbranched alkanes of at least 4 members (excludes halogenated alkanes) is 9. The van der Waals surface area contributed by atoms with Gasteiger partial charge in [0.1, 0.15) is 12.1 Å². The molecule has 0 fully saturated rings. The van der Waals surface area contributed by atoms with Crippen LogP contribution in [0.4, 0.5) is 0 Å². The van der Waals surface area contributed by atoms with E-state index in [4.69, 9.17) is 17.0 Å². The first-order valence-corrected chi connectivity index (χ1v) is 11.3. The fourth-order valence-electron chi connectivity index (χ4n) is 3.92. The van der Waals surface area contributed by atoms with Crippen LogP contribution < -0.4 is 4.74 Å². The van der Waals surface area contributed by atoms with E-state index in [1.165, 1.54) is 69.8 Å². The molecule has 1 heterocycles. The van der Waals surface area contributed by atoms with Gasteiger partial charge in [0.05, 0.1) is 12.6 Å². The Morgan fingerprint density at radius 3 is 2.25 bits per heavy atom. The Balaban J connectivity index is 1.90. The predicted octanol–water partition coefficient (Wildman–Crippen LogP) is 7.02. The molecule has 0 spiro atoms. The van der Waals surface area contributed by atoms with E-state index in [9.17, 15) is 0 Å². The summed E-state index contributed by atoms with van der Waals surface area (Å²) in [4.78, 5) is 0. The van der Waals surface area contributed by atoms with Crippen molar-refractivity contribution in [3.63, 3.8) is 0 Å². The second kappa shape index (κ2) is 12.1. The third-order valence-electron chi connectivity index (χ3n) is 5.79. The Hall–Kier alpha value is -1.62. The molecule has 156 valence electrons. The fraction of sp³-hybridized carbons (Fsp3) is 0.652. The number of rotatable bonds is 14. The predicted molar refractivity (Wildman–Crippen MR) is 120 cm³/mol. The molecule has 28 heavy (non-hydrogen) atoms. The van der Waals surface area contributed by atoms with E-state index in [0.717, 1.165) is 12.2 Å². The van der Waals surface area contributed by atoms with Crippen molar-refractivity contribution in [2.24, 2.45) is 0 Å². The monoisotopic (exact) mass is 403 g/mol. The van der Waals surface area contributed by atoms with E-state index in [1.807, 2.05) is 12.4 Å². The highest BCUT2D eigenvalue weighted by Gasteiger charge is 2.29. The summed E-state index contributed by atoms with van der Waals surface area (Å²) >= 11 is 5.49. The minimum Gasteiger partial charge on any atom is -0.497 e. The molecule has 0 aliphatic rings. The number of hydrogen-bond donors (Lipinski definition) is 1. The van der Waals surface area contributed by atoms with Gasteiger partial charge in [-0.3, -0.25) is 9.67 Å². The third-order valence-corrected chi connectivity index (χ3v) is 6.08. The van der Waals surface area contributed by atoms with Crippen molar-refractivity contribution in [2.75, 3.05) is 7.11 Å². The molecule has 0 amide bonds. The Morgan fingerprint density at radius 1 is 1.04 bits per heavy atom. The summed E-state index contributed by atoms with van der Waals surface area (Å²) in [6, 6.07) is 8.31. The zero-order valence-corrected chi connectivity index (χ0v) is 18.7. The Kier molecular flexibility index (Phi) is 9.76. The van der Waals surface area contributed by atoms with Gasteiger partial charge in [0.25, 0.3) is 0 Å². The zero-order chi connectivity index (χ0) is 20.2. The molecule has 5 heteroatoms. The van der Waals surface area contributed by atoms with Gasteiger partial charge in [0.2, 0.25) is 0 Å². The lowest BCUT2D eigenvalue weighted by atomic mass is 9.86. The first-order valence-electron chi connectivity index (χ1n) is 10.9. The number of methoxy groups -OCH3 is 1. The second-order valence-electron chi connectivity index (χ2n) is 7.97. The van der Waals surface area contributed by atoms with Crippen molar-refractivity contribution in [3.8, 4) is 5.75 Å². The van der Waals surface area contributed by atoms with Crippen molar-refractivity contribution in [3.05, 3.63) is 40.9 Å². The van der Waals surface area contributed by atoms with E-state index in [1.54, 1.807) is 7.11 Å². The zero-order valence-electron chi connectivity index (χ0n) is 17.9. The van der Waals surface area contributed by atoms with Crippen LogP contribution in [0.2, 0.25) is 0 Å². The molecule has 1 aromatic heterocycles. The summed E-state index contributed by atoms with van der Waals surface area (Å²) in [6.07, 6.45) is 16.3. The molecular weight excluding hydrogens is 366 g/mol. The third kappa shape index (κ3) is 6.47. The molecule has 0 aliphatic carbocycles. The number of nitrogens with one attached hydrogen (secondary N) is 1. The lowest BCUT2D eigenvalue weighted by Crippen LogP contribution is -2.31. The minimum atomic E-state index is -0.223.